The largest absolute Gasteiger partial charge is 0.392 e. The van der Waals surface area contributed by atoms with E-state index in [0.717, 1.165) is 22.7 Å². The molecule has 0 aliphatic heterocycles. The SMILES string of the molecule is CC1CCC(C(O)Cc2ccc(Br)cc2)CC1C. The second kappa shape index (κ2) is 6.21. The van der Waals surface area contributed by atoms with Crippen molar-refractivity contribution in [2.75, 3.05) is 0 Å². The van der Waals surface area contributed by atoms with Gasteiger partial charge in [-0.3, -0.25) is 0 Å². The highest BCUT2D eigenvalue weighted by molar-refractivity contribution is 9.10. The second-order valence-corrected chi connectivity index (χ2v) is 6.84. The van der Waals surface area contributed by atoms with Crippen LogP contribution in [0, 0.1) is 17.8 Å². The van der Waals surface area contributed by atoms with Crippen molar-refractivity contribution in [2.45, 2.75) is 45.6 Å². The van der Waals surface area contributed by atoms with Crippen molar-refractivity contribution in [1.29, 1.82) is 0 Å². The molecular weight excluding hydrogens is 288 g/mol. The van der Waals surface area contributed by atoms with Crippen LogP contribution < -0.4 is 0 Å². The molecule has 4 unspecified atom stereocenters. The van der Waals surface area contributed by atoms with Crippen molar-refractivity contribution in [1.82, 2.24) is 0 Å². The van der Waals surface area contributed by atoms with E-state index < -0.39 is 0 Å². The summed E-state index contributed by atoms with van der Waals surface area (Å²) in [5.41, 5.74) is 1.23. The van der Waals surface area contributed by atoms with Crippen molar-refractivity contribution in [2.24, 2.45) is 17.8 Å². The molecule has 1 nitrogen and oxygen atoms in total. The number of rotatable bonds is 3. The minimum absolute atomic E-state index is 0.180. The van der Waals surface area contributed by atoms with E-state index in [4.69, 9.17) is 0 Å². The number of hydrogen-bond donors (Lipinski definition) is 1. The summed E-state index contributed by atoms with van der Waals surface area (Å²) >= 11 is 3.44. The summed E-state index contributed by atoms with van der Waals surface area (Å²) in [4.78, 5) is 0. The van der Waals surface area contributed by atoms with Gasteiger partial charge in [-0.25, -0.2) is 0 Å². The van der Waals surface area contributed by atoms with E-state index in [1.165, 1.54) is 24.8 Å². The Morgan fingerprint density at radius 3 is 2.44 bits per heavy atom. The van der Waals surface area contributed by atoms with Gasteiger partial charge in [-0.05, 0) is 54.7 Å². The fraction of sp³-hybridized carbons (Fsp3) is 0.625. The van der Waals surface area contributed by atoms with E-state index in [-0.39, 0.29) is 6.10 Å². The normalized spacial score (nSPS) is 30.1. The number of benzene rings is 1. The molecule has 1 fully saturated rings. The second-order valence-electron chi connectivity index (χ2n) is 5.93. The van der Waals surface area contributed by atoms with Gasteiger partial charge in [0, 0.05) is 4.47 Å². The first-order valence-corrected chi connectivity index (χ1v) is 7.78. The average molecular weight is 311 g/mol. The zero-order valence-electron chi connectivity index (χ0n) is 11.3. The lowest BCUT2D eigenvalue weighted by Crippen LogP contribution is -2.30. The Balaban J connectivity index is 1.91. The summed E-state index contributed by atoms with van der Waals surface area (Å²) in [5, 5.41) is 10.4. The maximum absolute atomic E-state index is 10.4. The van der Waals surface area contributed by atoms with Crippen molar-refractivity contribution in [3.63, 3.8) is 0 Å². The van der Waals surface area contributed by atoms with Gasteiger partial charge in [0.15, 0.2) is 0 Å². The summed E-state index contributed by atoms with van der Waals surface area (Å²) in [6.07, 6.45) is 4.24. The van der Waals surface area contributed by atoms with Crippen molar-refractivity contribution < 1.29 is 5.11 Å². The molecule has 1 N–H and O–H groups in total. The summed E-state index contributed by atoms with van der Waals surface area (Å²) in [5.74, 6) is 2.06. The first kappa shape index (κ1) is 14.1. The van der Waals surface area contributed by atoms with Crippen molar-refractivity contribution >= 4 is 15.9 Å². The predicted molar refractivity (Wildman–Crippen MR) is 79.5 cm³/mol. The van der Waals surface area contributed by atoms with Crippen LogP contribution in [0.3, 0.4) is 0 Å². The molecule has 1 aromatic rings. The van der Waals surface area contributed by atoms with E-state index >= 15 is 0 Å². The zero-order valence-corrected chi connectivity index (χ0v) is 12.9. The third-order valence-corrected chi connectivity index (χ3v) is 5.07. The molecule has 0 amide bonds. The molecule has 1 aliphatic carbocycles. The molecule has 2 rings (SSSR count). The van der Waals surface area contributed by atoms with Crippen LogP contribution in [0.25, 0.3) is 0 Å². The van der Waals surface area contributed by atoms with Gasteiger partial charge in [-0.2, -0.15) is 0 Å². The molecule has 0 bridgehead atoms. The first-order valence-electron chi connectivity index (χ1n) is 6.98. The maximum Gasteiger partial charge on any atom is 0.0608 e. The molecule has 1 aliphatic rings. The summed E-state index contributed by atoms with van der Waals surface area (Å²) in [6, 6.07) is 8.30. The minimum atomic E-state index is -0.180. The fourth-order valence-corrected chi connectivity index (χ4v) is 3.23. The van der Waals surface area contributed by atoms with E-state index in [1.54, 1.807) is 0 Å². The third kappa shape index (κ3) is 3.58. The molecule has 0 radical (unpaired) electrons. The van der Waals surface area contributed by atoms with Gasteiger partial charge < -0.3 is 5.11 Å². The van der Waals surface area contributed by atoms with Gasteiger partial charge >= 0.3 is 0 Å². The van der Waals surface area contributed by atoms with Crippen LogP contribution in [0.5, 0.6) is 0 Å². The monoisotopic (exact) mass is 310 g/mol. The van der Waals surface area contributed by atoms with E-state index in [0.29, 0.717) is 5.92 Å². The highest BCUT2D eigenvalue weighted by atomic mass is 79.9. The quantitative estimate of drug-likeness (QED) is 0.876. The number of aliphatic hydroxyl groups is 1. The van der Waals surface area contributed by atoms with Gasteiger partial charge in [0.25, 0.3) is 0 Å². The van der Waals surface area contributed by atoms with Crippen LogP contribution in [-0.4, -0.2) is 11.2 Å². The molecule has 100 valence electrons. The molecule has 18 heavy (non-hydrogen) atoms. The summed E-state index contributed by atoms with van der Waals surface area (Å²) < 4.78 is 1.10. The highest BCUT2D eigenvalue weighted by Gasteiger charge is 2.29. The third-order valence-electron chi connectivity index (χ3n) is 4.54. The standard InChI is InChI=1S/C16H23BrO/c1-11-3-6-14(9-12(11)2)16(18)10-13-4-7-15(17)8-5-13/h4-5,7-8,11-12,14,16,18H,3,6,9-10H2,1-2H3. The van der Waals surface area contributed by atoms with Gasteiger partial charge in [0.05, 0.1) is 6.10 Å². The number of halogens is 1. The summed E-state index contributed by atoms with van der Waals surface area (Å²) in [7, 11) is 0. The lowest BCUT2D eigenvalue weighted by atomic mass is 9.73. The average Bonchev–Trinajstić information content (AvgIpc) is 2.35. The number of aliphatic hydroxyl groups excluding tert-OH is 1. The van der Waals surface area contributed by atoms with Crippen LogP contribution >= 0.6 is 15.9 Å². The Morgan fingerprint density at radius 1 is 1.17 bits per heavy atom. The Hall–Kier alpha value is -0.340. The molecule has 0 saturated heterocycles. The van der Waals surface area contributed by atoms with Gasteiger partial charge in [-0.15, -0.1) is 0 Å². The molecule has 1 saturated carbocycles. The number of hydrogen-bond acceptors (Lipinski definition) is 1. The summed E-state index contributed by atoms with van der Waals surface area (Å²) in [6.45, 7) is 4.66. The Bertz CT molecular complexity index is 373. The van der Waals surface area contributed by atoms with E-state index in [9.17, 15) is 5.11 Å². The van der Waals surface area contributed by atoms with Crippen LogP contribution in [0.1, 0.15) is 38.7 Å². The molecular formula is C16H23BrO. The van der Waals surface area contributed by atoms with Crippen LogP contribution in [0.2, 0.25) is 0 Å². The molecule has 0 heterocycles. The lowest BCUT2D eigenvalue weighted by Gasteiger charge is -2.34. The Morgan fingerprint density at radius 2 is 1.83 bits per heavy atom. The predicted octanol–water partition coefficient (Wildman–Crippen LogP) is 4.42. The first-order chi connectivity index (χ1) is 8.56. The molecule has 4 atom stereocenters. The fourth-order valence-electron chi connectivity index (χ4n) is 2.97. The van der Waals surface area contributed by atoms with Crippen LogP contribution in [0.4, 0.5) is 0 Å². The van der Waals surface area contributed by atoms with Crippen molar-refractivity contribution in [3.8, 4) is 0 Å². The minimum Gasteiger partial charge on any atom is -0.392 e. The molecule has 1 aromatic carbocycles. The van der Waals surface area contributed by atoms with Gasteiger partial charge in [-0.1, -0.05) is 48.3 Å². The van der Waals surface area contributed by atoms with Crippen LogP contribution in [-0.2, 0) is 6.42 Å². The topological polar surface area (TPSA) is 20.2 Å². The van der Waals surface area contributed by atoms with Gasteiger partial charge in [0.1, 0.15) is 0 Å². The lowest BCUT2D eigenvalue weighted by molar-refractivity contribution is 0.0570. The van der Waals surface area contributed by atoms with E-state index in [1.807, 2.05) is 12.1 Å². The highest BCUT2D eigenvalue weighted by Crippen LogP contribution is 2.35. The zero-order chi connectivity index (χ0) is 13.1. The Kier molecular flexibility index (Phi) is 4.85. The molecule has 0 spiro atoms. The Labute approximate surface area is 119 Å². The maximum atomic E-state index is 10.4. The molecule has 0 aromatic heterocycles. The molecule has 2 heteroatoms. The van der Waals surface area contributed by atoms with Gasteiger partial charge in [0.2, 0.25) is 0 Å². The van der Waals surface area contributed by atoms with Crippen LogP contribution in [0.15, 0.2) is 28.7 Å². The van der Waals surface area contributed by atoms with E-state index in [2.05, 4.69) is 41.9 Å². The van der Waals surface area contributed by atoms with Crippen molar-refractivity contribution in [3.05, 3.63) is 34.3 Å². The smallest absolute Gasteiger partial charge is 0.0608 e.